The lowest BCUT2D eigenvalue weighted by atomic mass is 9.69. The molecular weight excluding hydrogens is 392 g/mol. The van der Waals surface area contributed by atoms with Crippen molar-refractivity contribution in [3.63, 3.8) is 0 Å². The number of rotatable bonds is 6. The number of benzene rings is 1. The molecule has 7 heteroatoms. The van der Waals surface area contributed by atoms with Crippen molar-refractivity contribution in [2.45, 2.75) is 71.7 Å². The normalized spacial score (nSPS) is 16.4. The zero-order chi connectivity index (χ0) is 21.9. The number of carbonyl (C=O) groups is 1. The fourth-order valence-electron chi connectivity index (χ4n) is 2.96. The number of hydrogen-bond acceptors (Lipinski definition) is 3. The maximum atomic E-state index is 13.6. The van der Waals surface area contributed by atoms with Crippen LogP contribution in [0, 0.1) is 10.8 Å². The highest BCUT2D eigenvalue weighted by molar-refractivity contribution is 7.99. The van der Waals surface area contributed by atoms with Crippen LogP contribution in [0.2, 0.25) is 0 Å². The van der Waals surface area contributed by atoms with E-state index in [0.717, 1.165) is 12.0 Å². The Morgan fingerprint density at radius 3 is 1.89 bits per heavy atom. The lowest BCUT2D eigenvalue weighted by Crippen LogP contribution is -2.40. The maximum absolute atomic E-state index is 13.6. The molecule has 0 amide bonds. The summed E-state index contributed by atoms with van der Waals surface area (Å²) in [6, 6.07) is 6.36. The molecule has 28 heavy (non-hydrogen) atoms. The van der Waals surface area contributed by atoms with Crippen LogP contribution < -0.4 is 0 Å². The maximum Gasteiger partial charge on any atom is 0.429 e. The van der Waals surface area contributed by atoms with E-state index >= 15 is 0 Å². The third kappa shape index (κ3) is 7.30. The number of carbonyl (C=O) groups excluding carboxylic acids is 1. The summed E-state index contributed by atoms with van der Waals surface area (Å²) >= 11 is 0.347. The molecule has 0 radical (unpaired) electrons. The van der Waals surface area contributed by atoms with Crippen molar-refractivity contribution in [2.24, 2.45) is 10.8 Å². The van der Waals surface area contributed by atoms with E-state index in [-0.39, 0.29) is 22.3 Å². The van der Waals surface area contributed by atoms with E-state index in [1.807, 2.05) is 0 Å². The number of halogens is 4. The van der Waals surface area contributed by atoms with Gasteiger partial charge in [-0.05, 0) is 47.1 Å². The monoisotopic (exact) mass is 422 g/mol. The van der Waals surface area contributed by atoms with E-state index in [1.165, 1.54) is 18.4 Å². The molecule has 0 heterocycles. The van der Waals surface area contributed by atoms with E-state index in [9.17, 15) is 22.4 Å². The first-order chi connectivity index (χ1) is 12.6. The quantitative estimate of drug-likeness (QED) is 0.365. The molecular formula is C21H30F4O2S. The lowest BCUT2D eigenvalue weighted by molar-refractivity contribution is -0.211. The molecule has 3 atom stereocenters. The first-order valence-corrected chi connectivity index (χ1v) is 10.4. The average molecular weight is 423 g/mol. The standard InChI is InChI=1S/C21H30F4O2S/c1-19(2,3)12-15(20(4,5)6)13-8-10-14(11-9-13)18(26)27-16(17(22)28-7)21(23,24)25/h8-11,15-17H,12H2,1-7H3. The Kier molecular flexibility index (Phi) is 8.02. The fourth-order valence-corrected chi connectivity index (χ4v) is 3.42. The van der Waals surface area contributed by atoms with Gasteiger partial charge >= 0.3 is 12.1 Å². The number of alkyl halides is 4. The van der Waals surface area contributed by atoms with Crippen molar-refractivity contribution in [3.05, 3.63) is 35.4 Å². The fraction of sp³-hybridized carbons (Fsp3) is 0.667. The van der Waals surface area contributed by atoms with Gasteiger partial charge in [-0.3, -0.25) is 0 Å². The molecule has 3 unspecified atom stereocenters. The van der Waals surface area contributed by atoms with Gasteiger partial charge in [-0.2, -0.15) is 13.2 Å². The molecule has 0 aliphatic heterocycles. The minimum Gasteiger partial charge on any atom is -0.445 e. The van der Waals surface area contributed by atoms with Crippen molar-refractivity contribution in [2.75, 3.05) is 6.26 Å². The molecule has 1 rings (SSSR count). The molecule has 0 fully saturated rings. The lowest BCUT2D eigenvalue weighted by Gasteiger charge is -2.36. The van der Waals surface area contributed by atoms with Crippen LogP contribution in [0.4, 0.5) is 17.6 Å². The van der Waals surface area contributed by atoms with Crippen LogP contribution in [0.3, 0.4) is 0 Å². The van der Waals surface area contributed by atoms with Crippen LogP contribution >= 0.6 is 11.8 Å². The van der Waals surface area contributed by atoms with Gasteiger partial charge in [0, 0.05) is 0 Å². The second kappa shape index (κ2) is 9.06. The Hall–Kier alpha value is -1.24. The largest absolute Gasteiger partial charge is 0.445 e. The van der Waals surface area contributed by atoms with Gasteiger partial charge in [-0.25, -0.2) is 9.18 Å². The summed E-state index contributed by atoms with van der Waals surface area (Å²) in [4.78, 5) is 12.1. The summed E-state index contributed by atoms with van der Waals surface area (Å²) in [5.74, 6) is -0.985. The van der Waals surface area contributed by atoms with Gasteiger partial charge < -0.3 is 4.74 Å². The van der Waals surface area contributed by atoms with Crippen LogP contribution in [-0.2, 0) is 4.74 Å². The first-order valence-electron chi connectivity index (χ1n) is 9.11. The SMILES string of the molecule is CSC(F)C(OC(=O)c1ccc(C(CC(C)(C)C)C(C)(C)C)cc1)C(F)(F)F. The minimum absolute atomic E-state index is 0.0313. The molecule has 0 saturated heterocycles. The number of hydrogen-bond donors (Lipinski definition) is 0. The summed E-state index contributed by atoms with van der Waals surface area (Å²) in [7, 11) is 0. The number of thioether (sulfide) groups is 1. The highest BCUT2D eigenvalue weighted by Gasteiger charge is 2.48. The van der Waals surface area contributed by atoms with Gasteiger partial charge in [0.05, 0.1) is 5.56 Å². The van der Waals surface area contributed by atoms with Crippen LogP contribution in [0.15, 0.2) is 24.3 Å². The predicted molar refractivity (Wildman–Crippen MR) is 106 cm³/mol. The van der Waals surface area contributed by atoms with E-state index in [4.69, 9.17) is 0 Å². The van der Waals surface area contributed by atoms with Gasteiger partial charge in [0.15, 0.2) is 5.50 Å². The van der Waals surface area contributed by atoms with Gasteiger partial charge in [-0.1, -0.05) is 53.7 Å². The summed E-state index contributed by atoms with van der Waals surface area (Å²) in [5.41, 5.74) is -1.35. The van der Waals surface area contributed by atoms with Crippen LogP contribution in [0.5, 0.6) is 0 Å². The van der Waals surface area contributed by atoms with Crippen molar-refractivity contribution >= 4 is 17.7 Å². The van der Waals surface area contributed by atoms with E-state index in [0.29, 0.717) is 11.8 Å². The summed E-state index contributed by atoms with van der Waals surface area (Å²) in [6.45, 7) is 12.8. The van der Waals surface area contributed by atoms with Gasteiger partial charge in [0.1, 0.15) is 0 Å². The molecule has 0 bridgehead atoms. The molecule has 0 aromatic heterocycles. The van der Waals surface area contributed by atoms with Crippen LogP contribution in [0.25, 0.3) is 0 Å². The van der Waals surface area contributed by atoms with Crippen molar-refractivity contribution < 1.29 is 27.1 Å². The van der Waals surface area contributed by atoms with Gasteiger partial charge in [0.25, 0.3) is 0 Å². The minimum atomic E-state index is -4.97. The molecule has 0 spiro atoms. The smallest absolute Gasteiger partial charge is 0.429 e. The molecule has 160 valence electrons. The molecule has 0 N–H and O–H groups in total. The first kappa shape index (κ1) is 24.8. The average Bonchev–Trinajstić information content (AvgIpc) is 2.54. The summed E-state index contributed by atoms with van der Waals surface area (Å²) in [6.07, 6.45) is -5.66. The predicted octanol–water partition coefficient (Wildman–Crippen LogP) is 7.00. The highest BCUT2D eigenvalue weighted by Crippen LogP contribution is 2.43. The van der Waals surface area contributed by atoms with E-state index < -0.39 is 23.8 Å². The Morgan fingerprint density at radius 1 is 1.04 bits per heavy atom. The van der Waals surface area contributed by atoms with Crippen molar-refractivity contribution in [3.8, 4) is 0 Å². The zero-order valence-electron chi connectivity index (χ0n) is 17.5. The molecule has 0 aliphatic carbocycles. The molecule has 0 saturated carbocycles. The molecule has 1 aromatic carbocycles. The van der Waals surface area contributed by atoms with Gasteiger partial charge in [-0.15, -0.1) is 11.8 Å². The summed E-state index contributed by atoms with van der Waals surface area (Å²) in [5, 5.41) is 0. The Morgan fingerprint density at radius 2 is 1.54 bits per heavy atom. The third-order valence-electron chi connectivity index (χ3n) is 4.43. The second-order valence-corrected chi connectivity index (χ2v) is 10.2. The summed E-state index contributed by atoms with van der Waals surface area (Å²) < 4.78 is 56.9. The van der Waals surface area contributed by atoms with Crippen molar-refractivity contribution in [1.29, 1.82) is 0 Å². The third-order valence-corrected chi connectivity index (χ3v) is 5.13. The topological polar surface area (TPSA) is 26.3 Å². The highest BCUT2D eigenvalue weighted by atomic mass is 32.2. The Bertz CT molecular complexity index is 642. The van der Waals surface area contributed by atoms with E-state index in [1.54, 1.807) is 12.1 Å². The molecule has 2 nitrogen and oxygen atoms in total. The Labute approximate surface area is 169 Å². The van der Waals surface area contributed by atoms with Crippen LogP contribution in [-0.4, -0.2) is 30.0 Å². The van der Waals surface area contributed by atoms with Crippen molar-refractivity contribution in [1.82, 2.24) is 0 Å². The van der Waals surface area contributed by atoms with Crippen LogP contribution in [0.1, 0.15) is 69.8 Å². The second-order valence-electron chi connectivity index (χ2n) is 9.26. The molecule has 1 aromatic rings. The number of esters is 1. The van der Waals surface area contributed by atoms with Gasteiger partial charge in [0.2, 0.25) is 6.10 Å². The Balaban J connectivity index is 3.06. The molecule has 0 aliphatic rings. The van der Waals surface area contributed by atoms with E-state index in [2.05, 4.69) is 46.3 Å². The zero-order valence-corrected chi connectivity index (χ0v) is 18.3. The number of ether oxygens (including phenoxy) is 1.